The van der Waals surface area contributed by atoms with Gasteiger partial charge in [0.1, 0.15) is 11.6 Å². The second kappa shape index (κ2) is 4.34. The van der Waals surface area contributed by atoms with Crippen molar-refractivity contribution in [1.29, 1.82) is 0 Å². The third-order valence-electron chi connectivity index (χ3n) is 2.35. The van der Waals surface area contributed by atoms with Gasteiger partial charge in [0.05, 0.1) is 6.61 Å². The van der Waals surface area contributed by atoms with Gasteiger partial charge in [-0.2, -0.15) is 0 Å². The molecule has 2 rings (SSSR count). The van der Waals surface area contributed by atoms with Crippen LogP contribution in [-0.4, -0.2) is 23.2 Å². The predicted molar refractivity (Wildman–Crippen MR) is 52.6 cm³/mol. The second-order valence-corrected chi connectivity index (χ2v) is 3.36. The van der Waals surface area contributed by atoms with Crippen LogP contribution in [0.1, 0.15) is 24.6 Å². The maximum Gasteiger partial charge on any atom is 0.143 e. The van der Waals surface area contributed by atoms with E-state index in [2.05, 4.69) is 15.4 Å². The zero-order valence-electron chi connectivity index (χ0n) is 7.94. The van der Waals surface area contributed by atoms with E-state index in [1.807, 2.05) is 0 Å². The second-order valence-electron chi connectivity index (χ2n) is 3.36. The van der Waals surface area contributed by atoms with Crippen molar-refractivity contribution in [3.8, 4) is 0 Å². The normalized spacial score (nSPS) is 21.9. The predicted octanol–water partition coefficient (Wildman–Crippen LogP) is 0.656. The highest BCUT2D eigenvalue weighted by Gasteiger charge is 2.18. The number of nitrogen functional groups attached to an aromatic ring is 1. The van der Waals surface area contributed by atoms with Gasteiger partial charge < -0.3 is 10.2 Å². The first-order chi connectivity index (χ1) is 6.90. The van der Waals surface area contributed by atoms with Gasteiger partial charge >= 0.3 is 0 Å². The van der Waals surface area contributed by atoms with E-state index in [1.54, 1.807) is 12.3 Å². The van der Waals surface area contributed by atoms with Crippen LogP contribution in [0.4, 0.5) is 5.82 Å². The van der Waals surface area contributed by atoms with Gasteiger partial charge in [0, 0.05) is 24.8 Å². The highest BCUT2D eigenvalue weighted by Crippen LogP contribution is 2.22. The van der Waals surface area contributed by atoms with Gasteiger partial charge in [-0.25, -0.2) is 15.8 Å². The Hall–Kier alpha value is -1.20. The standard InChI is InChI=1S/C9H14N4O/c10-13-8-3-4-11-9(12-8)7-2-1-5-14-6-7/h3-4,7H,1-2,5-6,10H2,(H,11,12,13). The molecule has 1 fully saturated rings. The molecule has 1 aliphatic heterocycles. The maximum atomic E-state index is 5.38. The average Bonchev–Trinajstić information content (AvgIpc) is 2.30. The summed E-state index contributed by atoms with van der Waals surface area (Å²) in [6.45, 7) is 1.57. The molecule has 1 aromatic heterocycles. The summed E-state index contributed by atoms with van der Waals surface area (Å²) in [5, 5.41) is 0. The Bertz CT molecular complexity index is 299. The zero-order valence-corrected chi connectivity index (χ0v) is 7.94. The van der Waals surface area contributed by atoms with E-state index >= 15 is 0 Å². The van der Waals surface area contributed by atoms with Crippen molar-refractivity contribution in [2.24, 2.45) is 5.84 Å². The molecule has 1 aliphatic rings. The molecule has 0 radical (unpaired) electrons. The maximum absolute atomic E-state index is 5.38. The van der Waals surface area contributed by atoms with Crippen LogP contribution in [0.5, 0.6) is 0 Å². The monoisotopic (exact) mass is 194 g/mol. The Morgan fingerprint density at radius 3 is 3.21 bits per heavy atom. The third kappa shape index (κ3) is 2.00. The molecule has 1 saturated heterocycles. The van der Waals surface area contributed by atoms with E-state index in [-0.39, 0.29) is 0 Å². The number of hydrogen-bond donors (Lipinski definition) is 2. The minimum Gasteiger partial charge on any atom is -0.381 e. The zero-order chi connectivity index (χ0) is 9.80. The van der Waals surface area contributed by atoms with Gasteiger partial charge in [0.2, 0.25) is 0 Å². The molecular formula is C9H14N4O. The van der Waals surface area contributed by atoms with E-state index in [4.69, 9.17) is 10.6 Å². The first-order valence-electron chi connectivity index (χ1n) is 4.77. The first-order valence-corrected chi connectivity index (χ1v) is 4.77. The molecule has 5 nitrogen and oxygen atoms in total. The van der Waals surface area contributed by atoms with Crippen LogP contribution >= 0.6 is 0 Å². The topological polar surface area (TPSA) is 73.1 Å². The molecule has 5 heteroatoms. The van der Waals surface area contributed by atoms with Crippen LogP contribution in [0.15, 0.2) is 12.3 Å². The Balaban J connectivity index is 2.13. The summed E-state index contributed by atoms with van der Waals surface area (Å²) in [5.74, 6) is 7.07. The van der Waals surface area contributed by atoms with Crippen molar-refractivity contribution in [2.45, 2.75) is 18.8 Å². The summed E-state index contributed by atoms with van der Waals surface area (Å²) in [6, 6.07) is 1.74. The molecule has 3 N–H and O–H groups in total. The summed E-state index contributed by atoms with van der Waals surface area (Å²) in [4.78, 5) is 8.51. The van der Waals surface area contributed by atoms with Crippen molar-refractivity contribution in [3.05, 3.63) is 18.1 Å². The SMILES string of the molecule is NNc1ccnc(C2CCCOC2)n1. The van der Waals surface area contributed by atoms with Crippen LogP contribution in [0.25, 0.3) is 0 Å². The number of nitrogens with zero attached hydrogens (tertiary/aromatic N) is 2. The lowest BCUT2D eigenvalue weighted by atomic mass is 10.0. The third-order valence-corrected chi connectivity index (χ3v) is 2.35. The molecule has 0 amide bonds. The fraction of sp³-hybridized carbons (Fsp3) is 0.556. The summed E-state index contributed by atoms with van der Waals surface area (Å²) < 4.78 is 5.38. The molecule has 0 aliphatic carbocycles. The van der Waals surface area contributed by atoms with Crippen LogP contribution in [-0.2, 0) is 4.74 Å². The summed E-state index contributed by atoms with van der Waals surface area (Å²) in [5.41, 5.74) is 2.51. The van der Waals surface area contributed by atoms with Crippen molar-refractivity contribution in [2.75, 3.05) is 18.6 Å². The Morgan fingerprint density at radius 2 is 2.50 bits per heavy atom. The number of nitrogens with two attached hydrogens (primary N) is 1. The van der Waals surface area contributed by atoms with Gasteiger partial charge in [-0.15, -0.1) is 0 Å². The first kappa shape index (κ1) is 9.36. The Labute approximate surface area is 82.7 Å². The lowest BCUT2D eigenvalue weighted by Crippen LogP contribution is -2.19. The van der Waals surface area contributed by atoms with Crippen molar-refractivity contribution >= 4 is 5.82 Å². The molecule has 76 valence electrons. The Kier molecular flexibility index (Phi) is 2.90. The molecule has 1 aromatic rings. The van der Waals surface area contributed by atoms with Gasteiger partial charge in [0.25, 0.3) is 0 Å². The lowest BCUT2D eigenvalue weighted by molar-refractivity contribution is 0.0781. The summed E-state index contributed by atoms with van der Waals surface area (Å²) in [6.07, 6.45) is 3.88. The van der Waals surface area contributed by atoms with Gasteiger partial charge in [-0.1, -0.05) is 0 Å². The van der Waals surface area contributed by atoms with Crippen LogP contribution in [0.3, 0.4) is 0 Å². The van der Waals surface area contributed by atoms with E-state index in [0.717, 1.165) is 25.3 Å². The van der Waals surface area contributed by atoms with Crippen LogP contribution < -0.4 is 11.3 Å². The molecule has 0 bridgehead atoms. The number of rotatable bonds is 2. The van der Waals surface area contributed by atoms with Crippen LogP contribution in [0.2, 0.25) is 0 Å². The molecule has 2 heterocycles. The minimum atomic E-state index is 0.317. The van der Waals surface area contributed by atoms with Crippen molar-refractivity contribution < 1.29 is 4.74 Å². The largest absolute Gasteiger partial charge is 0.381 e. The van der Waals surface area contributed by atoms with Gasteiger partial charge in [-0.05, 0) is 12.8 Å². The number of aromatic nitrogens is 2. The van der Waals surface area contributed by atoms with E-state index < -0.39 is 0 Å². The lowest BCUT2D eigenvalue weighted by Gasteiger charge is -2.20. The molecule has 1 unspecified atom stereocenters. The van der Waals surface area contributed by atoms with E-state index in [0.29, 0.717) is 18.3 Å². The molecular weight excluding hydrogens is 180 g/mol. The number of hydrazine groups is 1. The highest BCUT2D eigenvalue weighted by atomic mass is 16.5. The number of nitrogens with one attached hydrogen (secondary N) is 1. The van der Waals surface area contributed by atoms with Crippen molar-refractivity contribution in [3.63, 3.8) is 0 Å². The molecule has 0 saturated carbocycles. The fourth-order valence-corrected chi connectivity index (χ4v) is 1.60. The number of ether oxygens (including phenoxy) is 1. The van der Waals surface area contributed by atoms with Gasteiger partial charge in [0.15, 0.2) is 0 Å². The van der Waals surface area contributed by atoms with E-state index in [9.17, 15) is 0 Å². The van der Waals surface area contributed by atoms with Gasteiger partial charge in [-0.3, -0.25) is 0 Å². The summed E-state index contributed by atoms with van der Waals surface area (Å²) in [7, 11) is 0. The number of hydrogen-bond acceptors (Lipinski definition) is 5. The molecule has 1 atom stereocenters. The quantitative estimate of drug-likeness (QED) is 0.534. The van der Waals surface area contributed by atoms with E-state index in [1.165, 1.54) is 0 Å². The number of anilines is 1. The highest BCUT2D eigenvalue weighted by molar-refractivity contribution is 5.31. The summed E-state index contributed by atoms with van der Waals surface area (Å²) >= 11 is 0. The smallest absolute Gasteiger partial charge is 0.143 e. The molecule has 0 aromatic carbocycles. The average molecular weight is 194 g/mol. The van der Waals surface area contributed by atoms with Crippen LogP contribution in [0, 0.1) is 0 Å². The molecule has 0 spiro atoms. The van der Waals surface area contributed by atoms with Crippen molar-refractivity contribution in [1.82, 2.24) is 9.97 Å². The fourth-order valence-electron chi connectivity index (χ4n) is 1.60. The molecule has 14 heavy (non-hydrogen) atoms. The minimum absolute atomic E-state index is 0.317. The Morgan fingerprint density at radius 1 is 1.57 bits per heavy atom.